The molecule has 3 aliphatic heterocycles. The van der Waals surface area contributed by atoms with Gasteiger partial charge < -0.3 is 19.5 Å². The van der Waals surface area contributed by atoms with Gasteiger partial charge in [0.1, 0.15) is 5.65 Å². The number of likely N-dealkylation sites (N-methyl/N-ethyl adjacent to an activating group) is 2. The summed E-state index contributed by atoms with van der Waals surface area (Å²) in [5.41, 5.74) is 11.0. The minimum atomic E-state index is -0.449. The summed E-state index contributed by atoms with van der Waals surface area (Å²) in [4.78, 5) is 37.2. The highest BCUT2D eigenvalue weighted by molar-refractivity contribution is 6.08. The Labute approximate surface area is 257 Å². The number of amides is 2. The van der Waals surface area contributed by atoms with Crippen LogP contribution in [0.25, 0.3) is 27.9 Å². The second kappa shape index (κ2) is 9.86. The molecule has 222 valence electrons. The molecule has 5 aromatic rings. The molecule has 0 fully saturated rings. The fourth-order valence-corrected chi connectivity index (χ4v) is 6.74. The summed E-state index contributed by atoms with van der Waals surface area (Å²) in [6.45, 7) is 9.67. The van der Waals surface area contributed by atoms with E-state index in [-0.39, 0.29) is 11.8 Å². The van der Waals surface area contributed by atoms with Crippen molar-refractivity contribution in [3.63, 3.8) is 0 Å². The Bertz CT molecular complexity index is 1990. The number of benzene rings is 2. The second-order valence-corrected chi connectivity index (χ2v) is 13.0. The van der Waals surface area contributed by atoms with E-state index in [4.69, 9.17) is 0 Å². The molecule has 3 aliphatic rings. The van der Waals surface area contributed by atoms with Gasteiger partial charge in [-0.05, 0) is 91.4 Å². The average molecular weight is 585 g/mol. The highest BCUT2D eigenvalue weighted by atomic mass is 16.2. The number of aromatic nitrogens is 3. The Morgan fingerprint density at radius 2 is 1.27 bits per heavy atom. The van der Waals surface area contributed by atoms with Crippen LogP contribution in [0.3, 0.4) is 0 Å². The number of hydrogen-bond acceptors (Lipinski definition) is 5. The number of imidazole rings is 1. The standard InChI is InChI=1S/C18H19N3O.C18H17N3O/c1-18(2)14-5-4-11(7-16(14)21(3)17(18)22)12-6-13-8-19-10-15(13)20-9-12;1-18(2)14-5-4-12(10-15(14)20(3)17(18)22)13-6-8-21-9-7-19-16(21)11-13/h4-7,9,19H,8,10H2,1-3H3;4-11H,1-3H3. The van der Waals surface area contributed by atoms with E-state index in [0.717, 1.165) is 69.2 Å². The molecule has 0 spiro atoms. The van der Waals surface area contributed by atoms with Crippen LogP contribution in [-0.2, 0) is 33.5 Å². The molecule has 3 aromatic heterocycles. The molecule has 1 N–H and O–H groups in total. The van der Waals surface area contributed by atoms with Crippen molar-refractivity contribution in [2.45, 2.75) is 51.6 Å². The van der Waals surface area contributed by atoms with E-state index >= 15 is 0 Å². The smallest absolute Gasteiger partial charge is 0.236 e. The molecule has 8 nitrogen and oxygen atoms in total. The van der Waals surface area contributed by atoms with Gasteiger partial charge in [0.15, 0.2) is 0 Å². The van der Waals surface area contributed by atoms with Crippen LogP contribution in [0, 0.1) is 0 Å². The third-order valence-electron chi connectivity index (χ3n) is 9.48. The first-order valence-electron chi connectivity index (χ1n) is 14.9. The molecule has 0 atom stereocenters. The lowest BCUT2D eigenvalue weighted by Crippen LogP contribution is -2.33. The molecule has 6 heterocycles. The molecule has 0 unspecified atom stereocenters. The molecule has 0 saturated heterocycles. The van der Waals surface area contributed by atoms with Gasteiger partial charge in [0.2, 0.25) is 11.8 Å². The number of nitrogens with one attached hydrogen (secondary N) is 1. The Balaban J connectivity index is 0.000000142. The highest BCUT2D eigenvalue weighted by Crippen LogP contribution is 2.44. The van der Waals surface area contributed by atoms with Crippen LogP contribution in [0.5, 0.6) is 0 Å². The van der Waals surface area contributed by atoms with E-state index in [1.165, 1.54) is 5.56 Å². The van der Waals surface area contributed by atoms with Crippen LogP contribution in [0.1, 0.15) is 50.1 Å². The van der Waals surface area contributed by atoms with Gasteiger partial charge in [-0.2, -0.15) is 0 Å². The molecule has 44 heavy (non-hydrogen) atoms. The molecule has 0 radical (unpaired) electrons. The zero-order chi connectivity index (χ0) is 31.0. The minimum Gasteiger partial charge on any atom is -0.314 e. The second-order valence-electron chi connectivity index (χ2n) is 13.0. The third-order valence-corrected chi connectivity index (χ3v) is 9.48. The van der Waals surface area contributed by atoms with Gasteiger partial charge in [-0.3, -0.25) is 14.6 Å². The number of fused-ring (bicyclic) bond motifs is 4. The predicted molar refractivity (Wildman–Crippen MR) is 174 cm³/mol. The summed E-state index contributed by atoms with van der Waals surface area (Å²) < 4.78 is 1.98. The number of nitrogens with zero attached hydrogens (tertiary/aromatic N) is 5. The van der Waals surface area contributed by atoms with Gasteiger partial charge in [-0.15, -0.1) is 0 Å². The van der Waals surface area contributed by atoms with Gasteiger partial charge in [0, 0.05) is 68.9 Å². The normalized spacial score (nSPS) is 17.4. The third kappa shape index (κ3) is 4.24. The van der Waals surface area contributed by atoms with E-state index in [2.05, 4.69) is 69.9 Å². The van der Waals surface area contributed by atoms with Crippen LogP contribution >= 0.6 is 0 Å². The lowest BCUT2D eigenvalue weighted by molar-refractivity contribution is -0.122. The fourth-order valence-electron chi connectivity index (χ4n) is 6.74. The van der Waals surface area contributed by atoms with Gasteiger partial charge in [-0.1, -0.05) is 24.3 Å². The Hall–Kier alpha value is -4.82. The monoisotopic (exact) mass is 584 g/mol. The van der Waals surface area contributed by atoms with Gasteiger partial charge in [0.05, 0.1) is 16.5 Å². The zero-order valence-electron chi connectivity index (χ0n) is 26.0. The predicted octanol–water partition coefficient (Wildman–Crippen LogP) is 5.86. The topological polar surface area (TPSA) is 82.8 Å². The Kier molecular flexibility index (Phi) is 6.27. The summed E-state index contributed by atoms with van der Waals surface area (Å²) in [6, 6.07) is 18.9. The SMILES string of the molecule is CN1C(=O)C(C)(C)c2ccc(-c3ccn4ccnc4c3)cc21.CN1C(=O)C(C)(C)c2ccc(-c3cnc4c(c3)CNC4)cc21. The summed E-state index contributed by atoms with van der Waals surface area (Å²) in [5.74, 6) is 0.291. The average Bonchev–Trinajstić information content (AvgIpc) is 3.77. The van der Waals surface area contributed by atoms with Crippen LogP contribution in [-0.4, -0.2) is 40.3 Å². The maximum Gasteiger partial charge on any atom is 0.236 e. The molecule has 0 saturated carbocycles. The summed E-state index contributed by atoms with van der Waals surface area (Å²) in [7, 11) is 3.70. The number of rotatable bonds is 2. The van der Waals surface area contributed by atoms with E-state index in [1.807, 2.05) is 64.8 Å². The number of carbonyl (C=O) groups is 2. The van der Waals surface area contributed by atoms with Gasteiger partial charge in [-0.25, -0.2) is 4.98 Å². The van der Waals surface area contributed by atoms with Gasteiger partial charge >= 0.3 is 0 Å². The highest BCUT2D eigenvalue weighted by Gasteiger charge is 2.43. The maximum atomic E-state index is 12.4. The summed E-state index contributed by atoms with van der Waals surface area (Å²) in [5, 5.41) is 3.32. The largest absolute Gasteiger partial charge is 0.314 e. The van der Waals surface area contributed by atoms with Crippen molar-refractivity contribution in [1.29, 1.82) is 0 Å². The first-order valence-corrected chi connectivity index (χ1v) is 14.9. The van der Waals surface area contributed by atoms with E-state index in [1.54, 1.807) is 16.0 Å². The zero-order valence-corrected chi connectivity index (χ0v) is 26.0. The first-order chi connectivity index (χ1) is 21.0. The van der Waals surface area contributed by atoms with E-state index < -0.39 is 10.8 Å². The minimum absolute atomic E-state index is 0.142. The molecule has 8 heteroatoms. The number of pyridine rings is 2. The quantitative estimate of drug-likeness (QED) is 0.281. The number of hydrogen-bond donors (Lipinski definition) is 1. The lowest BCUT2D eigenvalue weighted by Gasteiger charge is -2.16. The van der Waals surface area contributed by atoms with Crippen molar-refractivity contribution in [2.24, 2.45) is 0 Å². The maximum absolute atomic E-state index is 12.4. The first kappa shape index (κ1) is 28.0. The number of carbonyl (C=O) groups excluding carboxylic acids is 2. The fraction of sp³-hybridized carbons (Fsp3) is 0.278. The Morgan fingerprint density at radius 3 is 1.91 bits per heavy atom. The summed E-state index contributed by atoms with van der Waals surface area (Å²) in [6.07, 6.45) is 7.65. The van der Waals surface area contributed by atoms with Gasteiger partial charge in [0.25, 0.3) is 0 Å². The van der Waals surface area contributed by atoms with Crippen molar-refractivity contribution in [3.05, 3.63) is 102 Å². The molecule has 0 aliphatic carbocycles. The lowest BCUT2D eigenvalue weighted by atomic mass is 9.85. The van der Waals surface area contributed by atoms with Crippen molar-refractivity contribution in [2.75, 3.05) is 23.9 Å². The molecule has 2 amide bonds. The molecular formula is C36H36N6O2. The van der Waals surface area contributed by atoms with E-state index in [0.29, 0.717) is 0 Å². The van der Waals surface area contributed by atoms with Crippen LogP contribution < -0.4 is 15.1 Å². The van der Waals surface area contributed by atoms with Crippen LogP contribution in [0.2, 0.25) is 0 Å². The van der Waals surface area contributed by atoms with Crippen molar-refractivity contribution in [1.82, 2.24) is 19.7 Å². The Morgan fingerprint density at radius 1 is 0.682 bits per heavy atom. The van der Waals surface area contributed by atoms with Crippen LogP contribution in [0.4, 0.5) is 11.4 Å². The summed E-state index contributed by atoms with van der Waals surface area (Å²) >= 11 is 0. The van der Waals surface area contributed by atoms with Crippen molar-refractivity contribution >= 4 is 28.8 Å². The molecule has 0 bridgehead atoms. The van der Waals surface area contributed by atoms with Crippen molar-refractivity contribution < 1.29 is 9.59 Å². The van der Waals surface area contributed by atoms with Crippen molar-refractivity contribution in [3.8, 4) is 22.3 Å². The number of anilines is 2. The molecule has 2 aromatic carbocycles. The van der Waals surface area contributed by atoms with Crippen LogP contribution in [0.15, 0.2) is 79.4 Å². The van der Waals surface area contributed by atoms with E-state index in [9.17, 15) is 9.59 Å². The molecular weight excluding hydrogens is 548 g/mol. The molecule has 8 rings (SSSR count).